The minimum atomic E-state index is -1.79. The molecule has 0 fully saturated rings. The average Bonchev–Trinajstić information content (AvgIpc) is 2.74. The van der Waals surface area contributed by atoms with E-state index in [2.05, 4.69) is 19.2 Å². The fourth-order valence-electron chi connectivity index (χ4n) is 3.51. The van der Waals surface area contributed by atoms with Gasteiger partial charge in [0, 0.05) is 12.9 Å². The minimum absolute atomic E-state index is 0.0424. The van der Waals surface area contributed by atoms with Gasteiger partial charge in [-0.25, -0.2) is 4.79 Å². The van der Waals surface area contributed by atoms with Crippen LogP contribution >= 0.6 is 7.26 Å². The van der Waals surface area contributed by atoms with Gasteiger partial charge in [0.15, 0.2) is 6.16 Å². The first-order valence-corrected chi connectivity index (χ1v) is 12.8. The summed E-state index contributed by atoms with van der Waals surface area (Å²) in [5.74, 6) is 0.507. The molecule has 0 atom stereocenters. The van der Waals surface area contributed by atoms with Crippen molar-refractivity contribution in [3.8, 4) is 5.75 Å². The third kappa shape index (κ3) is 6.56. The normalized spacial score (nSPS) is 11.1. The van der Waals surface area contributed by atoms with Crippen LogP contribution < -0.4 is 10.1 Å². The molecular formula is C24H33NO4P+. The first-order chi connectivity index (χ1) is 14.3. The lowest BCUT2D eigenvalue weighted by Crippen LogP contribution is -2.26. The second-order valence-electron chi connectivity index (χ2n) is 7.62. The van der Waals surface area contributed by atoms with Crippen LogP contribution in [-0.2, 0) is 20.9 Å². The van der Waals surface area contributed by atoms with Crippen LogP contribution in [0.15, 0.2) is 42.5 Å². The molecule has 1 amide bonds. The highest BCUT2D eigenvalue weighted by Crippen LogP contribution is 2.58. The number of benzene rings is 2. The molecule has 0 saturated heterocycles. The quantitative estimate of drug-likeness (QED) is 0.423. The van der Waals surface area contributed by atoms with Crippen LogP contribution in [-0.4, -0.2) is 43.6 Å². The number of carbonyl (C=O) groups is 2. The van der Waals surface area contributed by atoms with Crippen molar-refractivity contribution in [1.82, 2.24) is 0 Å². The van der Waals surface area contributed by atoms with Crippen molar-refractivity contribution in [3.63, 3.8) is 0 Å². The zero-order valence-electron chi connectivity index (χ0n) is 18.7. The van der Waals surface area contributed by atoms with Crippen molar-refractivity contribution in [2.45, 2.75) is 34.3 Å². The van der Waals surface area contributed by atoms with Gasteiger partial charge in [-0.1, -0.05) is 30.3 Å². The highest BCUT2D eigenvalue weighted by molar-refractivity contribution is 7.77. The molecule has 0 spiro atoms. The Kier molecular flexibility index (Phi) is 8.86. The van der Waals surface area contributed by atoms with Crippen molar-refractivity contribution < 1.29 is 19.1 Å². The van der Waals surface area contributed by atoms with E-state index in [9.17, 15) is 9.59 Å². The number of rotatable bonds is 10. The summed E-state index contributed by atoms with van der Waals surface area (Å²) in [7, 11) is -0.156. The molecule has 0 saturated carbocycles. The van der Waals surface area contributed by atoms with Gasteiger partial charge in [-0.15, -0.1) is 0 Å². The lowest BCUT2D eigenvalue weighted by molar-refractivity contribution is -0.141. The zero-order chi connectivity index (χ0) is 22.1. The molecule has 0 unspecified atom stereocenters. The molecule has 0 aliphatic carbocycles. The number of nitrogens with one attached hydrogen (secondary N) is 1. The molecule has 0 aliphatic heterocycles. The van der Waals surface area contributed by atoms with Gasteiger partial charge < -0.3 is 14.8 Å². The molecule has 0 heterocycles. The van der Waals surface area contributed by atoms with Gasteiger partial charge in [-0.3, -0.25) is 4.79 Å². The third-order valence-corrected chi connectivity index (χ3v) is 10.1. The van der Waals surface area contributed by atoms with Crippen LogP contribution in [0.4, 0.5) is 5.69 Å². The average molecular weight is 431 g/mol. The Bertz CT molecular complexity index is 840. The zero-order valence-corrected chi connectivity index (χ0v) is 19.6. The predicted octanol–water partition coefficient (Wildman–Crippen LogP) is 5.05. The number of esters is 1. The number of methoxy groups -OCH3 is 1. The largest absolute Gasteiger partial charge is 0.497 e. The lowest BCUT2D eigenvalue weighted by Gasteiger charge is -2.24. The van der Waals surface area contributed by atoms with Gasteiger partial charge >= 0.3 is 5.97 Å². The molecule has 5 nitrogen and oxygen atoms in total. The minimum Gasteiger partial charge on any atom is -0.497 e. The highest BCUT2D eigenvalue weighted by atomic mass is 31.2. The molecular weight excluding hydrogens is 397 g/mol. The summed E-state index contributed by atoms with van der Waals surface area (Å²) in [5, 5.41) is 3.07. The van der Waals surface area contributed by atoms with Crippen LogP contribution in [0.3, 0.4) is 0 Å². The summed E-state index contributed by atoms with van der Waals surface area (Å²) in [5.41, 5.74) is 3.70. The number of amides is 1. The Morgan fingerprint density at radius 3 is 2.10 bits per heavy atom. The first kappa shape index (κ1) is 23.9. The summed E-state index contributed by atoms with van der Waals surface area (Å²) in [6.45, 7) is 8.31. The third-order valence-electron chi connectivity index (χ3n) is 5.53. The monoisotopic (exact) mass is 430 g/mol. The van der Waals surface area contributed by atoms with Crippen molar-refractivity contribution in [2.24, 2.45) is 0 Å². The van der Waals surface area contributed by atoms with E-state index in [4.69, 9.17) is 9.47 Å². The van der Waals surface area contributed by atoms with Crippen LogP contribution in [0.2, 0.25) is 0 Å². The second-order valence-corrected chi connectivity index (χ2v) is 12.2. The topological polar surface area (TPSA) is 64.6 Å². The van der Waals surface area contributed by atoms with E-state index in [1.807, 2.05) is 56.3 Å². The maximum absolute atomic E-state index is 12.9. The fourth-order valence-corrected chi connectivity index (χ4v) is 6.29. The van der Waals surface area contributed by atoms with Gasteiger partial charge in [-0.05, 0) is 56.5 Å². The number of hydrogen-bond donors (Lipinski definition) is 1. The van der Waals surface area contributed by atoms with Crippen molar-refractivity contribution in [3.05, 3.63) is 59.2 Å². The van der Waals surface area contributed by atoms with Crippen LogP contribution in [0, 0.1) is 13.8 Å². The predicted molar refractivity (Wildman–Crippen MR) is 125 cm³/mol. The van der Waals surface area contributed by atoms with E-state index in [0.717, 1.165) is 40.5 Å². The number of hydrogen-bond acceptors (Lipinski definition) is 4. The molecule has 0 aromatic heterocycles. The molecule has 1 N–H and O–H groups in total. The van der Waals surface area contributed by atoms with Crippen LogP contribution in [0.1, 0.15) is 30.5 Å². The molecule has 2 aromatic rings. The van der Waals surface area contributed by atoms with Gasteiger partial charge in [0.1, 0.15) is 18.5 Å². The maximum Gasteiger partial charge on any atom is 0.344 e. The van der Waals surface area contributed by atoms with E-state index in [-0.39, 0.29) is 18.5 Å². The van der Waals surface area contributed by atoms with Crippen molar-refractivity contribution in [1.29, 1.82) is 0 Å². The van der Waals surface area contributed by atoms with Gasteiger partial charge in [0.25, 0.3) is 5.91 Å². The number of carbonyl (C=O) groups excluding carboxylic acids is 2. The molecule has 6 heteroatoms. The summed E-state index contributed by atoms with van der Waals surface area (Å²) < 4.78 is 10.8. The van der Waals surface area contributed by atoms with E-state index in [1.54, 1.807) is 7.11 Å². The second kappa shape index (κ2) is 11.1. The highest BCUT2D eigenvalue weighted by Gasteiger charge is 2.39. The fraction of sp³-hybridized carbons (Fsp3) is 0.417. The number of aryl methyl sites for hydroxylation is 2. The summed E-state index contributed by atoms with van der Waals surface area (Å²) in [6, 6.07) is 13.5. The number of anilines is 1. The maximum atomic E-state index is 12.9. The van der Waals surface area contributed by atoms with E-state index >= 15 is 0 Å². The molecule has 0 radical (unpaired) electrons. The van der Waals surface area contributed by atoms with E-state index in [1.165, 1.54) is 0 Å². The van der Waals surface area contributed by atoms with Crippen molar-refractivity contribution in [2.75, 3.05) is 37.1 Å². The summed E-state index contributed by atoms with van der Waals surface area (Å²) >= 11 is 0. The SMILES string of the molecule is CC[P+](CC)(CC(=O)Nc1c(C)cc(OC)cc1C)CC(=O)OCc1ccccc1. The molecule has 0 bridgehead atoms. The standard InChI is InChI=1S/C24H32NO4P/c1-6-30(7-2,17-23(27)29-15-20-11-9-8-10-12-20)16-22(26)25-24-18(3)13-21(28-5)14-19(24)4/h8-14H,6-7,15-17H2,1-5H3/p+1. The van der Waals surface area contributed by atoms with Crippen LogP contribution in [0.25, 0.3) is 0 Å². The van der Waals surface area contributed by atoms with Crippen molar-refractivity contribution >= 4 is 24.8 Å². The van der Waals surface area contributed by atoms with E-state index in [0.29, 0.717) is 12.3 Å². The molecule has 30 heavy (non-hydrogen) atoms. The van der Waals surface area contributed by atoms with Gasteiger partial charge in [-0.2, -0.15) is 0 Å². The molecule has 2 rings (SSSR count). The Morgan fingerprint density at radius 2 is 1.57 bits per heavy atom. The molecule has 0 aliphatic rings. The molecule has 2 aromatic carbocycles. The van der Waals surface area contributed by atoms with Crippen LogP contribution in [0.5, 0.6) is 5.75 Å². The Hall–Kier alpha value is -2.39. The first-order valence-electron chi connectivity index (χ1n) is 10.3. The lowest BCUT2D eigenvalue weighted by atomic mass is 10.1. The summed E-state index contributed by atoms with van der Waals surface area (Å²) in [6.07, 6.45) is 2.38. The van der Waals surface area contributed by atoms with E-state index < -0.39 is 7.26 Å². The van der Waals surface area contributed by atoms with Gasteiger partial charge in [0.2, 0.25) is 0 Å². The Morgan fingerprint density at radius 1 is 0.967 bits per heavy atom. The summed E-state index contributed by atoms with van der Waals surface area (Å²) in [4.78, 5) is 25.4. The Labute approximate surface area is 180 Å². The number of ether oxygens (including phenoxy) is 2. The van der Waals surface area contributed by atoms with Gasteiger partial charge in [0.05, 0.1) is 19.4 Å². The molecule has 162 valence electrons. The Balaban J connectivity index is 2.02. The smallest absolute Gasteiger partial charge is 0.344 e.